The van der Waals surface area contributed by atoms with E-state index >= 15 is 0 Å². The molecular weight excluding hydrogens is 388 g/mol. The number of amides is 1. The zero-order chi connectivity index (χ0) is 21.3. The third-order valence-corrected chi connectivity index (χ3v) is 4.03. The van der Waals surface area contributed by atoms with E-state index in [0.29, 0.717) is 18.0 Å². The predicted molar refractivity (Wildman–Crippen MR) is 109 cm³/mol. The van der Waals surface area contributed by atoms with E-state index in [9.17, 15) is 19.7 Å². The van der Waals surface area contributed by atoms with Crippen LogP contribution >= 0.6 is 0 Å². The normalized spacial score (nSPS) is 10.1. The Kier molecular flexibility index (Phi) is 6.73. The molecule has 0 spiro atoms. The molecule has 0 unspecified atom stereocenters. The lowest BCUT2D eigenvalue weighted by atomic mass is 10.2. The number of non-ortho nitro benzene ring substituents is 1. The Hall–Kier alpha value is -4.20. The summed E-state index contributed by atoms with van der Waals surface area (Å²) >= 11 is 0. The molecule has 1 N–H and O–H groups in total. The second kappa shape index (κ2) is 9.83. The van der Waals surface area contributed by atoms with Crippen LogP contribution in [0.3, 0.4) is 0 Å². The molecule has 0 aliphatic heterocycles. The molecule has 0 aliphatic rings. The second-order valence-electron chi connectivity index (χ2n) is 6.23. The lowest BCUT2D eigenvalue weighted by molar-refractivity contribution is -0.384. The van der Waals surface area contributed by atoms with Crippen LogP contribution < -0.4 is 10.1 Å². The molecule has 0 aliphatic carbocycles. The van der Waals surface area contributed by atoms with Crippen molar-refractivity contribution in [2.24, 2.45) is 0 Å². The Morgan fingerprint density at radius 1 is 0.900 bits per heavy atom. The summed E-state index contributed by atoms with van der Waals surface area (Å²) in [6.07, 6.45) is 0. The quantitative estimate of drug-likeness (QED) is 0.345. The maximum Gasteiger partial charge on any atom is 0.338 e. The number of nitrogens with zero attached hydrogens (tertiary/aromatic N) is 1. The average molecular weight is 406 g/mol. The Morgan fingerprint density at radius 2 is 1.57 bits per heavy atom. The van der Waals surface area contributed by atoms with Crippen molar-refractivity contribution in [3.8, 4) is 5.75 Å². The van der Waals surface area contributed by atoms with Crippen molar-refractivity contribution in [1.29, 1.82) is 0 Å². The van der Waals surface area contributed by atoms with Crippen molar-refractivity contribution in [3.63, 3.8) is 0 Å². The van der Waals surface area contributed by atoms with Crippen LogP contribution in [0.4, 0.5) is 11.4 Å². The van der Waals surface area contributed by atoms with E-state index in [1.54, 1.807) is 24.3 Å². The molecule has 0 saturated heterocycles. The minimum absolute atomic E-state index is 0.119. The van der Waals surface area contributed by atoms with Crippen LogP contribution in [-0.2, 0) is 16.1 Å². The molecule has 3 aromatic rings. The molecule has 1 amide bonds. The van der Waals surface area contributed by atoms with Crippen LogP contribution in [0.5, 0.6) is 5.75 Å². The molecule has 30 heavy (non-hydrogen) atoms. The highest BCUT2D eigenvalue weighted by molar-refractivity contribution is 5.95. The van der Waals surface area contributed by atoms with Crippen LogP contribution in [-0.4, -0.2) is 23.4 Å². The Bertz CT molecular complexity index is 1020. The summed E-state index contributed by atoms with van der Waals surface area (Å²) in [4.78, 5) is 34.0. The van der Waals surface area contributed by atoms with E-state index in [1.807, 2.05) is 30.3 Å². The lowest BCUT2D eigenvalue weighted by Gasteiger charge is -2.09. The summed E-state index contributed by atoms with van der Waals surface area (Å²) in [5, 5.41) is 13.2. The first kappa shape index (κ1) is 20.5. The minimum atomic E-state index is -0.746. The van der Waals surface area contributed by atoms with Gasteiger partial charge in [-0.1, -0.05) is 30.3 Å². The van der Waals surface area contributed by atoms with E-state index in [2.05, 4.69) is 5.32 Å². The summed E-state index contributed by atoms with van der Waals surface area (Å²) in [5.74, 6) is -0.602. The molecule has 0 radical (unpaired) electrons. The van der Waals surface area contributed by atoms with Gasteiger partial charge in [0.05, 0.1) is 10.5 Å². The SMILES string of the molecule is O=C(COC(=O)c1ccc([N+](=O)[O-])cc1)Nc1ccc(OCc2ccccc2)cc1. The van der Waals surface area contributed by atoms with Crippen LogP contribution in [0.1, 0.15) is 15.9 Å². The number of anilines is 1. The number of benzene rings is 3. The average Bonchev–Trinajstić information content (AvgIpc) is 2.78. The number of esters is 1. The maximum atomic E-state index is 12.0. The zero-order valence-corrected chi connectivity index (χ0v) is 15.8. The summed E-state index contributed by atoms with van der Waals surface area (Å²) in [7, 11) is 0. The molecule has 0 aromatic heterocycles. The van der Waals surface area contributed by atoms with Gasteiger partial charge in [-0.3, -0.25) is 14.9 Å². The third-order valence-electron chi connectivity index (χ3n) is 4.03. The molecule has 3 aromatic carbocycles. The molecular formula is C22H18N2O6. The highest BCUT2D eigenvalue weighted by Crippen LogP contribution is 2.17. The van der Waals surface area contributed by atoms with Crippen molar-refractivity contribution in [2.45, 2.75) is 6.61 Å². The highest BCUT2D eigenvalue weighted by atomic mass is 16.6. The van der Waals surface area contributed by atoms with E-state index in [1.165, 1.54) is 24.3 Å². The van der Waals surface area contributed by atoms with Gasteiger partial charge in [0.15, 0.2) is 6.61 Å². The Morgan fingerprint density at radius 3 is 2.20 bits per heavy atom. The first-order valence-electron chi connectivity index (χ1n) is 8.99. The molecule has 0 fully saturated rings. The molecule has 0 atom stereocenters. The van der Waals surface area contributed by atoms with Gasteiger partial charge in [-0.25, -0.2) is 4.79 Å². The molecule has 3 rings (SSSR count). The van der Waals surface area contributed by atoms with Gasteiger partial charge in [-0.05, 0) is 42.0 Å². The maximum absolute atomic E-state index is 12.0. The van der Waals surface area contributed by atoms with Gasteiger partial charge in [-0.2, -0.15) is 0 Å². The third kappa shape index (κ3) is 5.90. The van der Waals surface area contributed by atoms with Crippen LogP contribution in [0.2, 0.25) is 0 Å². The fourth-order valence-electron chi connectivity index (χ4n) is 2.51. The van der Waals surface area contributed by atoms with Gasteiger partial charge < -0.3 is 14.8 Å². The number of nitro benzene ring substituents is 1. The number of ether oxygens (including phenoxy) is 2. The van der Waals surface area contributed by atoms with E-state index in [0.717, 1.165) is 5.56 Å². The summed E-state index contributed by atoms with van der Waals surface area (Å²) in [6, 6.07) is 21.5. The fraction of sp³-hybridized carbons (Fsp3) is 0.0909. The largest absolute Gasteiger partial charge is 0.489 e. The molecule has 0 heterocycles. The van der Waals surface area contributed by atoms with Gasteiger partial charge in [0.2, 0.25) is 0 Å². The molecule has 0 bridgehead atoms. The standard InChI is InChI=1S/C22H18N2O6/c25-21(15-30-22(26)17-6-10-19(11-7-17)24(27)28)23-18-8-12-20(13-9-18)29-14-16-4-2-1-3-5-16/h1-13H,14-15H2,(H,23,25). The van der Waals surface area contributed by atoms with Gasteiger partial charge in [0.25, 0.3) is 11.6 Å². The molecule has 8 heteroatoms. The number of carbonyl (C=O) groups is 2. The monoisotopic (exact) mass is 406 g/mol. The number of nitrogens with one attached hydrogen (secondary N) is 1. The minimum Gasteiger partial charge on any atom is -0.489 e. The van der Waals surface area contributed by atoms with Crippen molar-refractivity contribution < 1.29 is 24.0 Å². The summed E-state index contributed by atoms with van der Waals surface area (Å²) in [5.41, 5.74) is 1.55. The number of hydrogen-bond donors (Lipinski definition) is 1. The number of rotatable bonds is 8. The topological polar surface area (TPSA) is 108 Å². The van der Waals surface area contributed by atoms with Gasteiger partial charge in [-0.15, -0.1) is 0 Å². The second-order valence-corrected chi connectivity index (χ2v) is 6.23. The Labute approximate surface area is 172 Å². The Balaban J connectivity index is 1.45. The van der Waals surface area contributed by atoms with E-state index in [-0.39, 0.29) is 11.3 Å². The van der Waals surface area contributed by atoms with Crippen LogP contribution in [0.15, 0.2) is 78.9 Å². The fourth-order valence-corrected chi connectivity index (χ4v) is 2.51. The van der Waals surface area contributed by atoms with Crippen molar-refractivity contribution in [3.05, 3.63) is 100 Å². The van der Waals surface area contributed by atoms with Crippen molar-refractivity contribution in [1.82, 2.24) is 0 Å². The predicted octanol–water partition coefficient (Wildman–Crippen LogP) is 3.97. The van der Waals surface area contributed by atoms with Crippen LogP contribution in [0, 0.1) is 10.1 Å². The number of nitro groups is 1. The summed E-state index contributed by atoms with van der Waals surface area (Å²) < 4.78 is 10.6. The first-order chi connectivity index (χ1) is 14.5. The van der Waals surface area contributed by atoms with Crippen molar-refractivity contribution >= 4 is 23.3 Å². The van der Waals surface area contributed by atoms with Gasteiger partial charge in [0, 0.05) is 17.8 Å². The molecule has 8 nitrogen and oxygen atoms in total. The van der Waals surface area contributed by atoms with Crippen molar-refractivity contribution in [2.75, 3.05) is 11.9 Å². The smallest absolute Gasteiger partial charge is 0.338 e. The van der Waals surface area contributed by atoms with E-state index in [4.69, 9.17) is 9.47 Å². The van der Waals surface area contributed by atoms with Gasteiger partial charge >= 0.3 is 5.97 Å². The number of hydrogen-bond acceptors (Lipinski definition) is 6. The van der Waals surface area contributed by atoms with Crippen LogP contribution in [0.25, 0.3) is 0 Å². The highest BCUT2D eigenvalue weighted by Gasteiger charge is 2.12. The molecule has 152 valence electrons. The lowest BCUT2D eigenvalue weighted by Crippen LogP contribution is -2.20. The molecule has 0 saturated carbocycles. The van der Waals surface area contributed by atoms with Gasteiger partial charge in [0.1, 0.15) is 12.4 Å². The summed E-state index contributed by atoms with van der Waals surface area (Å²) in [6.45, 7) is -0.0484. The zero-order valence-electron chi connectivity index (χ0n) is 15.8. The first-order valence-corrected chi connectivity index (χ1v) is 8.99. The number of carbonyl (C=O) groups excluding carboxylic acids is 2. The van der Waals surface area contributed by atoms with E-state index < -0.39 is 23.4 Å².